The molecule has 6 heteroatoms. The molecule has 0 bridgehead atoms. The average Bonchev–Trinajstić information content (AvgIpc) is 2.41. The van der Waals surface area contributed by atoms with Crippen molar-refractivity contribution in [3.8, 4) is 0 Å². The summed E-state index contributed by atoms with van der Waals surface area (Å²) in [6.45, 7) is 5.73. The second kappa shape index (κ2) is 6.22. The predicted molar refractivity (Wildman–Crippen MR) is 78.1 cm³/mol. The molecule has 1 saturated heterocycles. The minimum Gasteiger partial charge on any atom is -0.378 e. The largest absolute Gasteiger partial charge is 0.378 e. The topological polar surface area (TPSA) is 58.6 Å². The van der Waals surface area contributed by atoms with Gasteiger partial charge in [0.25, 0.3) is 0 Å². The molecule has 0 radical (unpaired) electrons. The number of benzene rings is 1. The normalized spacial score (nSPS) is 21.1. The first-order valence-electron chi connectivity index (χ1n) is 6.81. The van der Waals surface area contributed by atoms with Gasteiger partial charge in [-0.15, -0.1) is 0 Å². The van der Waals surface area contributed by atoms with Crippen LogP contribution in [0.4, 0.5) is 0 Å². The number of sulfonamides is 1. The molecule has 20 heavy (non-hydrogen) atoms. The zero-order valence-corrected chi connectivity index (χ0v) is 13.0. The van der Waals surface area contributed by atoms with Crippen LogP contribution in [0.25, 0.3) is 0 Å². The van der Waals surface area contributed by atoms with Gasteiger partial charge in [0.15, 0.2) is 0 Å². The van der Waals surface area contributed by atoms with Crippen LogP contribution in [-0.2, 0) is 21.3 Å². The van der Waals surface area contributed by atoms with Gasteiger partial charge in [-0.2, -0.15) is 4.31 Å². The summed E-state index contributed by atoms with van der Waals surface area (Å²) in [6, 6.07) is 5.32. The van der Waals surface area contributed by atoms with Gasteiger partial charge < -0.3 is 10.1 Å². The van der Waals surface area contributed by atoms with Gasteiger partial charge in [0.1, 0.15) is 0 Å². The van der Waals surface area contributed by atoms with Crippen LogP contribution in [0, 0.1) is 6.92 Å². The van der Waals surface area contributed by atoms with E-state index in [0.717, 1.165) is 11.1 Å². The summed E-state index contributed by atoms with van der Waals surface area (Å²) in [5.74, 6) is 0. The third-order valence-corrected chi connectivity index (χ3v) is 5.81. The van der Waals surface area contributed by atoms with E-state index >= 15 is 0 Å². The van der Waals surface area contributed by atoms with Gasteiger partial charge in [0.2, 0.25) is 10.0 Å². The van der Waals surface area contributed by atoms with E-state index in [1.165, 1.54) is 0 Å². The Hall–Kier alpha value is -0.950. The Morgan fingerprint density at radius 3 is 2.85 bits per heavy atom. The highest BCUT2D eigenvalue weighted by molar-refractivity contribution is 7.89. The van der Waals surface area contributed by atoms with E-state index in [2.05, 4.69) is 5.32 Å². The number of rotatable bonds is 4. The average molecular weight is 298 g/mol. The third-order valence-electron chi connectivity index (χ3n) is 3.66. The van der Waals surface area contributed by atoms with Crippen LogP contribution < -0.4 is 5.32 Å². The Morgan fingerprint density at radius 1 is 1.45 bits per heavy atom. The van der Waals surface area contributed by atoms with E-state index < -0.39 is 10.0 Å². The molecule has 0 amide bonds. The van der Waals surface area contributed by atoms with Crippen molar-refractivity contribution in [1.82, 2.24) is 9.62 Å². The second-order valence-electron chi connectivity index (χ2n) is 5.11. The standard InChI is InChI=1S/C14H22N2O3S/c1-11-10-19-8-7-16(11)20(17,18)14-6-4-5-13(9-15-3)12(14)2/h4-6,11,15H,7-10H2,1-3H3. The summed E-state index contributed by atoms with van der Waals surface area (Å²) in [4.78, 5) is 0.402. The Kier molecular flexibility index (Phi) is 4.80. The molecule has 112 valence electrons. The van der Waals surface area contributed by atoms with Crippen molar-refractivity contribution in [3.05, 3.63) is 29.3 Å². The molecule has 1 N–H and O–H groups in total. The third kappa shape index (κ3) is 2.88. The van der Waals surface area contributed by atoms with Crippen molar-refractivity contribution in [2.75, 3.05) is 26.8 Å². The van der Waals surface area contributed by atoms with E-state index in [1.807, 2.05) is 27.0 Å². The van der Waals surface area contributed by atoms with Gasteiger partial charge in [-0.3, -0.25) is 0 Å². The maximum absolute atomic E-state index is 12.8. The van der Waals surface area contributed by atoms with Crippen LogP contribution >= 0.6 is 0 Å². The van der Waals surface area contributed by atoms with E-state index in [0.29, 0.717) is 31.2 Å². The highest BCUT2D eigenvalue weighted by Gasteiger charge is 2.32. The molecular weight excluding hydrogens is 276 g/mol. The summed E-state index contributed by atoms with van der Waals surface area (Å²) < 4.78 is 32.5. The number of ether oxygens (including phenoxy) is 1. The van der Waals surface area contributed by atoms with E-state index in [1.54, 1.807) is 16.4 Å². The Labute approximate surface area is 121 Å². The molecule has 0 saturated carbocycles. The fourth-order valence-corrected chi connectivity index (χ4v) is 4.39. The van der Waals surface area contributed by atoms with Crippen molar-refractivity contribution < 1.29 is 13.2 Å². The molecule has 0 aromatic heterocycles. The molecular formula is C14H22N2O3S. The number of hydrogen-bond donors (Lipinski definition) is 1. The molecule has 1 unspecified atom stereocenters. The lowest BCUT2D eigenvalue weighted by Gasteiger charge is -2.32. The van der Waals surface area contributed by atoms with Gasteiger partial charge in [0, 0.05) is 19.1 Å². The highest BCUT2D eigenvalue weighted by atomic mass is 32.2. The Bertz CT molecular complexity index is 572. The van der Waals surface area contributed by atoms with Crippen molar-refractivity contribution in [2.24, 2.45) is 0 Å². The summed E-state index contributed by atoms with van der Waals surface area (Å²) >= 11 is 0. The molecule has 1 atom stereocenters. The van der Waals surface area contributed by atoms with Crippen molar-refractivity contribution >= 4 is 10.0 Å². The molecule has 0 spiro atoms. The van der Waals surface area contributed by atoms with E-state index in [4.69, 9.17) is 4.74 Å². The molecule has 1 aromatic carbocycles. The van der Waals surface area contributed by atoms with Crippen LogP contribution in [0.15, 0.2) is 23.1 Å². The van der Waals surface area contributed by atoms with Gasteiger partial charge in [0.05, 0.1) is 18.1 Å². The molecule has 1 fully saturated rings. The Morgan fingerprint density at radius 2 is 2.20 bits per heavy atom. The number of nitrogens with one attached hydrogen (secondary N) is 1. The molecule has 0 aliphatic carbocycles. The number of hydrogen-bond acceptors (Lipinski definition) is 4. The SMILES string of the molecule is CNCc1cccc(S(=O)(=O)N2CCOCC2C)c1C. The van der Waals surface area contributed by atoms with Gasteiger partial charge in [-0.1, -0.05) is 12.1 Å². The van der Waals surface area contributed by atoms with E-state index in [-0.39, 0.29) is 6.04 Å². The lowest BCUT2D eigenvalue weighted by molar-refractivity contribution is 0.0392. The summed E-state index contributed by atoms with van der Waals surface area (Å²) in [6.07, 6.45) is 0. The maximum Gasteiger partial charge on any atom is 0.243 e. The van der Waals surface area contributed by atoms with Crippen LogP contribution in [0.1, 0.15) is 18.1 Å². The second-order valence-corrected chi connectivity index (χ2v) is 6.97. The fourth-order valence-electron chi connectivity index (χ4n) is 2.52. The first-order valence-corrected chi connectivity index (χ1v) is 8.25. The lowest BCUT2D eigenvalue weighted by atomic mass is 10.1. The summed E-state index contributed by atoms with van der Waals surface area (Å²) in [7, 11) is -1.61. The summed E-state index contributed by atoms with van der Waals surface area (Å²) in [5.41, 5.74) is 1.83. The molecule has 1 heterocycles. The van der Waals surface area contributed by atoms with Crippen LogP contribution in [0.5, 0.6) is 0 Å². The van der Waals surface area contributed by atoms with Crippen molar-refractivity contribution in [1.29, 1.82) is 0 Å². The minimum atomic E-state index is -3.46. The van der Waals surface area contributed by atoms with E-state index in [9.17, 15) is 8.42 Å². The molecule has 1 aromatic rings. The zero-order chi connectivity index (χ0) is 14.8. The number of nitrogens with zero attached hydrogens (tertiary/aromatic N) is 1. The fraction of sp³-hybridized carbons (Fsp3) is 0.571. The molecule has 5 nitrogen and oxygen atoms in total. The molecule has 1 aliphatic heterocycles. The van der Waals surface area contributed by atoms with Crippen LogP contribution in [0.3, 0.4) is 0 Å². The van der Waals surface area contributed by atoms with Gasteiger partial charge in [-0.05, 0) is 38.1 Å². The zero-order valence-electron chi connectivity index (χ0n) is 12.2. The quantitative estimate of drug-likeness (QED) is 0.905. The number of morpholine rings is 1. The van der Waals surface area contributed by atoms with Crippen molar-refractivity contribution in [3.63, 3.8) is 0 Å². The molecule has 1 aliphatic rings. The first kappa shape index (κ1) is 15.4. The lowest BCUT2D eigenvalue weighted by Crippen LogP contribution is -2.47. The van der Waals surface area contributed by atoms with Crippen LogP contribution in [0.2, 0.25) is 0 Å². The Balaban J connectivity index is 2.41. The molecule has 2 rings (SSSR count). The smallest absolute Gasteiger partial charge is 0.243 e. The van der Waals surface area contributed by atoms with Crippen LogP contribution in [-0.4, -0.2) is 45.6 Å². The predicted octanol–water partition coefficient (Wildman–Crippen LogP) is 1.12. The maximum atomic E-state index is 12.8. The highest BCUT2D eigenvalue weighted by Crippen LogP contribution is 2.25. The monoisotopic (exact) mass is 298 g/mol. The first-order chi connectivity index (χ1) is 9.48. The summed E-state index contributed by atoms with van der Waals surface area (Å²) in [5, 5.41) is 3.06. The minimum absolute atomic E-state index is 0.124. The van der Waals surface area contributed by atoms with Gasteiger partial charge in [-0.25, -0.2) is 8.42 Å². The van der Waals surface area contributed by atoms with Crippen molar-refractivity contribution in [2.45, 2.75) is 31.3 Å². The van der Waals surface area contributed by atoms with Gasteiger partial charge >= 0.3 is 0 Å².